The number of benzene rings is 2. The molecule has 4 heteroatoms. The molecule has 3 nitrogen and oxygen atoms in total. The van der Waals surface area contributed by atoms with Crippen LogP contribution in [0.4, 0.5) is 11.4 Å². The number of fused-ring (bicyclic) bond motifs is 1. The predicted octanol–water partition coefficient (Wildman–Crippen LogP) is 6.27. The van der Waals surface area contributed by atoms with E-state index in [-0.39, 0.29) is 5.91 Å². The van der Waals surface area contributed by atoms with Crippen LogP contribution < -0.4 is 10.6 Å². The van der Waals surface area contributed by atoms with Crippen molar-refractivity contribution in [2.45, 2.75) is 57.9 Å². The smallest absolute Gasteiger partial charge is 0.224 e. The lowest BCUT2D eigenvalue weighted by molar-refractivity contribution is -0.117. The Morgan fingerprint density at radius 1 is 1.07 bits per heavy atom. The molecule has 2 N–H and O–H groups in total. The van der Waals surface area contributed by atoms with Crippen LogP contribution in [0.2, 0.25) is 5.02 Å². The van der Waals surface area contributed by atoms with Gasteiger partial charge in [-0.2, -0.15) is 0 Å². The molecule has 2 aliphatic carbocycles. The lowest BCUT2D eigenvalue weighted by atomic mass is 10.00. The van der Waals surface area contributed by atoms with Crippen LogP contribution in [0.25, 0.3) is 0 Å². The van der Waals surface area contributed by atoms with Gasteiger partial charge in [0.25, 0.3) is 0 Å². The van der Waals surface area contributed by atoms with Crippen LogP contribution in [-0.2, 0) is 11.2 Å². The summed E-state index contributed by atoms with van der Waals surface area (Å²) in [5.41, 5.74) is 6.00. The second-order valence-electron chi connectivity index (χ2n) is 7.95. The Labute approximate surface area is 166 Å². The van der Waals surface area contributed by atoms with E-state index >= 15 is 0 Å². The minimum atomic E-state index is 0.166. The summed E-state index contributed by atoms with van der Waals surface area (Å²) in [7, 11) is 0. The Balaban J connectivity index is 1.45. The van der Waals surface area contributed by atoms with Gasteiger partial charge in [0.1, 0.15) is 0 Å². The van der Waals surface area contributed by atoms with E-state index in [2.05, 4.69) is 29.7 Å². The summed E-state index contributed by atoms with van der Waals surface area (Å²) in [6.45, 7) is 2.13. The molecule has 0 saturated heterocycles. The number of nitrogens with one attached hydrogen (secondary N) is 2. The lowest BCUT2D eigenvalue weighted by Crippen LogP contribution is -2.16. The summed E-state index contributed by atoms with van der Waals surface area (Å²) >= 11 is 5.98. The average molecular weight is 383 g/mol. The summed E-state index contributed by atoms with van der Waals surface area (Å²) in [6.07, 6.45) is 7.73. The largest absolute Gasteiger partial charge is 0.378 e. The third kappa shape index (κ3) is 4.14. The van der Waals surface area contributed by atoms with Crippen LogP contribution in [0.1, 0.15) is 61.3 Å². The number of hydrogen-bond donors (Lipinski definition) is 2. The van der Waals surface area contributed by atoms with Crippen molar-refractivity contribution in [3.8, 4) is 0 Å². The Kier molecular flexibility index (Phi) is 5.40. The zero-order valence-corrected chi connectivity index (χ0v) is 16.6. The monoisotopic (exact) mass is 382 g/mol. The van der Waals surface area contributed by atoms with Crippen LogP contribution in [0.5, 0.6) is 0 Å². The van der Waals surface area contributed by atoms with Gasteiger partial charge in [0.2, 0.25) is 5.91 Å². The third-order valence-electron chi connectivity index (χ3n) is 6.10. The molecule has 2 aliphatic rings. The van der Waals surface area contributed by atoms with Gasteiger partial charge in [0, 0.05) is 22.8 Å². The predicted molar refractivity (Wildman–Crippen MR) is 113 cm³/mol. The first kappa shape index (κ1) is 18.4. The van der Waals surface area contributed by atoms with Crippen molar-refractivity contribution in [1.82, 2.24) is 0 Å². The van der Waals surface area contributed by atoms with Gasteiger partial charge in [-0.25, -0.2) is 0 Å². The molecule has 142 valence electrons. The van der Waals surface area contributed by atoms with Crippen LogP contribution in [0, 0.1) is 12.8 Å². The summed E-state index contributed by atoms with van der Waals surface area (Å²) in [5.74, 6) is 0.742. The van der Waals surface area contributed by atoms with Crippen molar-refractivity contribution >= 4 is 28.9 Å². The maximum absolute atomic E-state index is 12.4. The molecule has 4 rings (SSSR count). The molecule has 1 amide bonds. The second-order valence-corrected chi connectivity index (χ2v) is 8.39. The van der Waals surface area contributed by atoms with Gasteiger partial charge >= 0.3 is 0 Å². The molecule has 0 aliphatic heterocycles. The molecule has 1 unspecified atom stereocenters. The topological polar surface area (TPSA) is 41.1 Å². The zero-order valence-electron chi connectivity index (χ0n) is 15.9. The van der Waals surface area contributed by atoms with Gasteiger partial charge in [-0.1, -0.05) is 30.5 Å². The first-order valence-corrected chi connectivity index (χ1v) is 10.4. The summed E-state index contributed by atoms with van der Waals surface area (Å²) < 4.78 is 0. The quantitative estimate of drug-likeness (QED) is 0.640. The summed E-state index contributed by atoms with van der Waals surface area (Å²) in [5, 5.41) is 7.53. The molecular formula is C23H27ClN2O. The number of carbonyl (C=O) groups excluding carboxylic acids is 1. The van der Waals surface area contributed by atoms with Crippen molar-refractivity contribution in [2.24, 2.45) is 5.92 Å². The fourth-order valence-corrected chi connectivity index (χ4v) is 4.72. The number of hydrogen-bond acceptors (Lipinski definition) is 2. The summed E-state index contributed by atoms with van der Waals surface area (Å²) in [4.78, 5) is 12.4. The molecular weight excluding hydrogens is 356 g/mol. The van der Waals surface area contributed by atoms with Crippen molar-refractivity contribution in [3.05, 3.63) is 58.1 Å². The van der Waals surface area contributed by atoms with E-state index in [0.29, 0.717) is 18.4 Å². The van der Waals surface area contributed by atoms with Crippen LogP contribution in [0.3, 0.4) is 0 Å². The second kappa shape index (κ2) is 7.93. The Bertz CT molecular complexity index is 825. The Hall–Kier alpha value is -2.00. The zero-order chi connectivity index (χ0) is 18.8. The van der Waals surface area contributed by atoms with Gasteiger partial charge in [-0.15, -0.1) is 0 Å². The highest BCUT2D eigenvalue weighted by atomic mass is 35.5. The Morgan fingerprint density at radius 2 is 1.81 bits per heavy atom. The molecule has 0 heterocycles. The van der Waals surface area contributed by atoms with Crippen LogP contribution in [-0.4, -0.2) is 5.91 Å². The van der Waals surface area contributed by atoms with Crippen molar-refractivity contribution < 1.29 is 4.79 Å². The normalized spacial score (nSPS) is 19.1. The van der Waals surface area contributed by atoms with Crippen molar-refractivity contribution in [2.75, 3.05) is 10.6 Å². The molecule has 1 atom stereocenters. The van der Waals surface area contributed by atoms with E-state index in [1.165, 1.54) is 42.4 Å². The van der Waals surface area contributed by atoms with E-state index in [1.54, 1.807) is 0 Å². The van der Waals surface area contributed by atoms with E-state index in [9.17, 15) is 4.79 Å². The molecule has 2 aromatic rings. The van der Waals surface area contributed by atoms with Crippen molar-refractivity contribution in [3.63, 3.8) is 0 Å². The van der Waals surface area contributed by atoms with E-state index in [1.807, 2.05) is 24.3 Å². The number of carbonyl (C=O) groups is 1. The van der Waals surface area contributed by atoms with E-state index in [0.717, 1.165) is 29.2 Å². The number of halogens is 1. The molecule has 2 aromatic carbocycles. The minimum absolute atomic E-state index is 0.166. The van der Waals surface area contributed by atoms with Gasteiger partial charge in [0.05, 0.1) is 6.04 Å². The first-order valence-electron chi connectivity index (χ1n) is 10.0. The molecule has 1 fully saturated rings. The van der Waals surface area contributed by atoms with Crippen LogP contribution in [0.15, 0.2) is 36.4 Å². The average Bonchev–Trinajstić information content (AvgIpc) is 3.30. The molecule has 0 aromatic heterocycles. The standard InChI is InChI=1S/C23H27ClN2O/c1-15-19-10-13-22(25-18-8-6-17(24)7-9-18)20(19)11-12-21(15)26-23(27)14-16-4-2-3-5-16/h6-9,11-12,16,22,25H,2-5,10,13-14H2,1H3,(H,26,27). The molecule has 0 bridgehead atoms. The van der Waals surface area contributed by atoms with E-state index < -0.39 is 0 Å². The fourth-order valence-electron chi connectivity index (χ4n) is 4.59. The number of anilines is 2. The lowest BCUT2D eigenvalue weighted by Gasteiger charge is -2.18. The Morgan fingerprint density at radius 3 is 2.56 bits per heavy atom. The van der Waals surface area contributed by atoms with Crippen molar-refractivity contribution in [1.29, 1.82) is 0 Å². The van der Waals surface area contributed by atoms with Gasteiger partial charge in [-0.05, 0) is 85.5 Å². The van der Waals surface area contributed by atoms with Gasteiger partial charge in [-0.3, -0.25) is 4.79 Å². The molecule has 27 heavy (non-hydrogen) atoms. The highest BCUT2D eigenvalue weighted by Gasteiger charge is 2.25. The number of amides is 1. The minimum Gasteiger partial charge on any atom is -0.378 e. The molecule has 1 saturated carbocycles. The third-order valence-corrected chi connectivity index (χ3v) is 6.35. The molecule has 0 spiro atoms. The first-order chi connectivity index (χ1) is 13.1. The van der Waals surface area contributed by atoms with Crippen LogP contribution >= 0.6 is 11.6 Å². The highest BCUT2D eigenvalue weighted by molar-refractivity contribution is 6.30. The maximum atomic E-state index is 12.4. The van der Waals surface area contributed by atoms with Gasteiger partial charge < -0.3 is 10.6 Å². The highest BCUT2D eigenvalue weighted by Crippen LogP contribution is 2.38. The van der Waals surface area contributed by atoms with Gasteiger partial charge in [0.15, 0.2) is 0 Å². The number of rotatable bonds is 5. The molecule has 0 radical (unpaired) electrons. The van der Waals surface area contributed by atoms with E-state index in [4.69, 9.17) is 11.6 Å². The maximum Gasteiger partial charge on any atom is 0.224 e. The summed E-state index contributed by atoms with van der Waals surface area (Å²) in [6, 6.07) is 12.4. The SMILES string of the molecule is Cc1c(NC(=O)CC2CCCC2)ccc2c1CCC2Nc1ccc(Cl)cc1. The fraction of sp³-hybridized carbons (Fsp3) is 0.435.